The summed E-state index contributed by atoms with van der Waals surface area (Å²) in [6, 6.07) is 9.77. The summed E-state index contributed by atoms with van der Waals surface area (Å²) in [4.78, 5) is 20.2. The van der Waals surface area contributed by atoms with E-state index in [4.69, 9.17) is 5.84 Å². The number of carbonyl (C=O) groups excluding carboxylic acids is 1. The highest BCUT2D eigenvalue weighted by atomic mass is 32.2. The molecule has 0 radical (unpaired) electrons. The largest absolute Gasteiger partial charge is 0.294 e. The van der Waals surface area contributed by atoms with Crippen LogP contribution in [0.4, 0.5) is 0 Å². The molecule has 0 saturated heterocycles. The molecule has 5 nitrogen and oxygen atoms in total. The second-order valence-corrected chi connectivity index (χ2v) is 5.68. The van der Waals surface area contributed by atoms with Gasteiger partial charge in [0.2, 0.25) is 5.91 Å². The zero-order chi connectivity index (χ0) is 15.2. The molecule has 1 amide bonds. The smallest absolute Gasteiger partial charge is 0.238 e. The van der Waals surface area contributed by atoms with Crippen LogP contribution in [0.5, 0.6) is 0 Å². The van der Waals surface area contributed by atoms with Crippen LogP contribution in [0.1, 0.15) is 22.5 Å². The number of rotatable bonds is 5. The molecule has 1 heterocycles. The summed E-state index contributed by atoms with van der Waals surface area (Å²) < 4.78 is 0. The van der Waals surface area contributed by atoms with Gasteiger partial charge in [0.1, 0.15) is 0 Å². The van der Waals surface area contributed by atoms with Gasteiger partial charge >= 0.3 is 0 Å². The molecule has 2 rings (SSSR count). The number of thioether (sulfide) groups is 1. The number of aryl methyl sites for hydroxylation is 2. The van der Waals surface area contributed by atoms with E-state index in [0.717, 1.165) is 33.4 Å². The van der Waals surface area contributed by atoms with Gasteiger partial charge in [-0.25, -0.2) is 15.8 Å². The topological polar surface area (TPSA) is 80.9 Å². The summed E-state index contributed by atoms with van der Waals surface area (Å²) in [6.07, 6.45) is 0.279. The van der Waals surface area contributed by atoms with E-state index in [1.807, 2.05) is 44.2 Å². The predicted molar refractivity (Wildman–Crippen MR) is 83.5 cm³/mol. The van der Waals surface area contributed by atoms with Gasteiger partial charge in [-0.1, -0.05) is 36.0 Å². The number of benzene rings is 1. The van der Waals surface area contributed by atoms with Crippen LogP contribution in [0.25, 0.3) is 0 Å². The lowest BCUT2D eigenvalue weighted by atomic mass is 10.1. The van der Waals surface area contributed by atoms with E-state index in [9.17, 15) is 4.79 Å². The van der Waals surface area contributed by atoms with Gasteiger partial charge < -0.3 is 0 Å². The lowest BCUT2D eigenvalue weighted by molar-refractivity contribution is -0.120. The zero-order valence-electron chi connectivity index (χ0n) is 12.1. The van der Waals surface area contributed by atoms with Crippen LogP contribution in [-0.2, 0) is 17.0 Å². The number of nitrogens with one attached hydrogen (secondary N) is 1. The van der Waals surface area contributed by atoms with Gasteiger partial charge in [-0.05, 0) is 31.0 Å². The van der Waals surface area contributed by atoms with Crippen molar-refractivity contribution in [3.8, 4) is 0 Å². The number of aromatic nitrogens is 2. The molecule has 110 valence electrons. The van der Waals surface area contributed by atoms with Crippen LogP contribution >= 0.6 is 11.8 Å². The lowest BCUT2D eigenvalue weighted by Crippen LogP contribution is -2.31. The number of hydrogen-bond acceptors (Lipinski definition) is 5. The molecule has 6 heteroatoms. The van der Waals surface area contributed by atoms with Gasteiger partial charge in [-0.2, -0.15) is 0 Å². The molecule has 0 aliphatic heterocycles. The molecule has 21 heavy (non-hydrogen) atoms. The Morgan fingerprint density at radius 3 is 2.43 bits per heavy atom. The maximum absolute atomic E-state index is 11.4. The molecule has 0 saturated carbocycles. The van der Waals surface area contributed by atoms with E-state index >= 15 is 0 Å². The minimum Gasteiger partial charge on any atom is -0.294 e. The summed E-state index contributed by atoms with van der Waals surface area (Å²) >= 11 is 1.57. The van der Waals surface area contributed by atoms with E-state index in [1.165, 1.54) is 0 Å². The van der Waals surface area contributed by atoms with Crippen LogP contribution in [0.2, 0.25) is 0 Å². The van der Waals surface area contributed by atoms with Gasteiger partial charge in [-0.3, -0.25) is 10.2 Å². The molecule has 0 spiro atoms. The molecule has 0 atom stereocenters. The molecular formula is C15H18N4OS. The zero-order valence-corrected chi connectivity index (χ0v) is 12.9. The van der Waals surface area contributed by atoms with Gasteiger partial charge in [0.25, 0.3) is 0 Å². The van der Waals surface area contributed by atoms with Crippen molar-refractivity contribution in [3.63, 3.8) is 0 Å². The van der Waals surface area contributed by atoms with Gasteiger partial charge in [-0.15, -0.1) is 0 Å². The Morgan fingerprint density at radius 1 is 1.19 bits per heavy atom. The Kier molecular flexibility index (Phi) is 5.30. The van der Waals surface area contributed by atoms with Crippen molar-refractivity contribution in [3.05, 3.63) is 52.8 Å². The Labute approximate surface area is 128 Å². The van der Waals surface area contributed by atoms with Gasteiger partial charge in [0.05, 0.1) is 6.42 Å². The van der Waals surface area contributed by atoms with E-state index in [0.29, 0.717) is 0 Å². The number of hydrazine groups is 1. The highest BCUT2D eigenvalue weighted by Crippen LogP contribution is 2.22. The third kappa shape index (κ3) is 4.54. The number of carbonyl (C=O) groups is 1. The van der Waals surface area contributed by atoms with Crippen LogP contribution < -0.4 is 11.3 Å². The summed E-state index contributed by atoms with van der Waals surface area (Å²) in [5, 5.41) is 0.755. The van der Waals surface area contributed by atoms with Crippen molar-refractivity contribution in [2.45, 2.75) is 31.2 Å². The van der Waals surface area contributed by atoms with Crippen LogP contribution in [0.15, 0.2) is 35.5 Å². The van der Waals surface area contributed by atoms with Crippen molar-refractivity contribution >= 4 is 17.7 Å². The minimum atomic E-state index is -0.199. The van der Waals surface area contributed by atoms with E-state index in [1.54, 1.807) is 11.8 Å². The number of amides is 1. The first-order chi connectivity index (χ1) is 10.1. The molecule has 2 aromatic rings. The molecule has 3 N–H and O–H groups in total. The van der Waals surface area contributed by atoms with Gasteiger partial charge in [0, 0.05) is 17.1 Å². The van der Waals surface area contributed by atoms with Crippen molar-refractivity contribution < 1.29 is 4.79 Å². The Balaban J connectivity index is 2.10. The Morgan fingerprint density at radius 2 is 1.81 bits per heavy atom. The Bertz CT molecular complexity index is 625. The number of nitrogens with two attached hydrogens (primary N) is 1. The lowest BCUT2D eigenvalue weighted by Gasteiger charge is -2.08. The SMILES string of the molecule is Cc1cc(C)nc(SCc2ccccc2CC(=O)NN)n1. The summed E-state index contributed by atoms with van der Waals surface area (Å²) in [5.74, 6) is 5.66. The fourth-order valence-corrected chi connectivity index (χ4v) is 2.98. The van der Waals surface area contributed by atoms with Crippen molar-refractivity contribution in [2.75, 3.05) is 0 Å². The van der Waals surface area contributed by atoms with E-state index in [-0.39, 0.29) is 12.3 Å². The highest BCUT2D eigenvalue weighted by Gasteiger charge is 2.08. The minimum absolute atomic E-state index is 0.199. The van der Waals surface area contributed by atoms with E-state index in [2.05, 4.69) is 15.4 Å². The maximum Gasteiger partial charge on any atom is 0.238 e. The van der Waals surface area contributed by atoms with Crippen LogP contribution in [0.3, 0.4) is 0 Å². The number of hydrogen-bond donors (Lipinski definition) is 2. The van der Waals surface area contributed by atoms with Crippen molar-refractivity contribution in [1.29, 1.82) is 0 Å². The summed E-state index contributed by atoms with van der Waals surface area (Å²) in [7, 11) is 0. The summed E-state index contributed by atoms with van der Waals surface area (Å²) in [5.41, 5.74) is 6.14. The van der Waals surface area contributed by atoms with Gasteiger partial charge in [0.15, 0.2) is 5.16 Å². The summed E-state index contributed by atoms with van der Waals surface area (Å²) in [6.45, 7) is 3.91. The predicted octanol–water partition coefficient (Wildman–Crippen LogP) is 1.92. The quantitative estimate of drug-likeness (QED) is 0.290. The molecule has 0 aliphatic rings. The normalized spacial score (nSPS) is 10.4. The molecule has 0 fully saturated rings. The highest BCUT2D eigenvalue weighted by molar-refractivity contribution is 7.98. The van der Waals surface area contributed by atoms with Crippen molar-refractivity contribution in [1.82, 2.24) is 15.4 Å². The fourth-order valence-electron chi connectivity index (χ4n) is 2.00. The molecule has 1 aromatic heterocycles. The molecular weight excluding hydrogens is 284 g/mol. The molecule has 0 bridgehead atoms. The maximum atomic E-state index is 11.4. The van der Waals surface area contributed by atoms with Crippen LogP contribution in [-0.4, -0.2) is 15.9 Å². The Hall–Kier alpha value is -1.92. The first kappa shape index (κ1) is 15.5. The first-order valence-corrected chi connectivity index (χ1v) is 7.58. The van der Waals surface area contributed by atoms with Crippen molar-refractivity contribution in [2.24, 2.45) is 5.84 Å². The average Bonchev–Trinajstić information content (AvgIpc) is 2.45. The third-order valence-electron chi connectivity index (χ3n) is 2.95. The first-order valence-electron chi connectivity index (χ1n) is 6.60. The van der Waals surface area contributed by atoms with E-state index < -0.39 is 0 Å². The fraction of sp³-hybridized carbons (Fsp3) is 0.267. The monoisotopic (exact) mass is 302 g/mol. The molecule has 0 unspecified atom stereocenters. The molecule has 1 aromatic carbocycles. The average molecular weight is 302 g/mol. The third-order valence-corrected chi connectivity index (χ3v) is 3.85. The number of nitrogens with zero attached hydrogens (tertiary/aromatic N) is 2. The standard InChI is InChI=1S/C15H18N4OS/c1-10-7-11(2)18-15(17-10)21-9-13-6-4-3-5-12(13)8-14(20)19-16/h3-7H,8-9,16H2,1-2H3,(H,19,20). The second-order valence-electron chi connectivity index (χ2n) is 4.73. The van der Waals surface area contributed by atoms with Crippen LogP contribution in [0, 0.1) is 13.8 Å². The second kappa shape index (κ2) is 7.19. The molecule has 0 aliphatic carbocycles.